The zero-order valence-corrected chi connectivity index (χ0v) is 11.2. The fourth-order valence-electron chi connectivity index (χ4n) is 1.46. The van der Waals surface area contributed by atoms with Crippen LogP contribution in [0.3, 0.4) is 0 Å². The Kier molecular flexibility index (Phi) is 3.28. The minimum absolute atomic E-state index is 0.177. The summed E-state index contributed by atoms with van der Waals surface area (Å²) in [5.41, 5.74) is 1.47. The zero-order chi connectivity index (χ0) is 12.4. The second kappa shape index (κ2) is 4.71. The van der Waals surface area contributed by atoms with Crippen molar-refractivity contribution in [1.82, 2.24) is 9.88 Å². The van der Waals surface area contributed by atoms with Crippen LogP contribution >= 0.6 is 15.9 Å². The number of pyridine rings is 1. The smallest absolute Gasteiger partial charge is 0.321 e. The minimum atomic E-state index is -0.177. The van der Waals surface area contributed by atoms with Gasteiger partial charge in [-0.1, -0.05) is 12.1 Å². The average Bonchev–Trinajstić information content (AvgIpc) is 2.32. The van der Waals surface area contributed by atoms with Gasteiger partial charge in [0.15, 0.2) is 0 Å². The van der Waals surface area contributed by atoms with Crippen molar-refractivity contribution in [2.75, 3.05) is 19.4 Å². The van der Waals surface area contributed by atoms with Crippen LogP contribution in [0.25, 0.3) is 10.9 Å². The number of halogens is 1. The van der Waals surface area contributed by atoms with Crippen LogP contribution in [-0.2, 0) is 0 Å². The summed E-state index contributed by atoms with van der Waals surface area (Å²) in [6.45, 7) is 0. The highest BCUT2D eigenvalue weighted by atomic mass is 79.9. The predicted octanol–water partition coefficient (Wildman–Crippen LogP) is 3.09. The number of aromatic nitrogens is 1. The summed E-state index contributed by atoms with van der Waals surface area (Å²) >= 11 is 3.42. The largest absolute Gasteiger partial charge is 0.331 e. The van der Waals surface area contributed by atoms with Gasteiger partial charge >= 0.3 is 6.03 Å². The van der Waals surface area contributed by atoms with Crippen molar-refractivity contribution in [2.24, 2.45) is 0 Å². The van der Waals surface area contributed by atoms with Crippen molar-refractivity contribution in [3.05, 3.63) is 34.9 Å². The van der Waals surface area contributed by atoms with Gasteiger partial charge in [0.1, 0.15) is 0 Å². The molecule has 1 aromatic heterocycles. The molecule has 2 rings (SSSR count). The fraction of sp³-hybridized carbons (Fsp3) is 0.167. The molecule has 1 N–H and O–H groups in total. The monoisotopic (exact) mass is 293 g/mol. The molecule has 17 heavy (non-hydrogen) atoms. The second-order valence-corrected chi connectivity index (χ2v) is 4.68. The number of anilines is 1. The zero-order valence-electron chi connectivity index (χ0n) is 9.57. The number of benzene rings is 1. The highest BCUT2D eigenvalue weighted by Crippen LogP contribution is 2.29. The normalized spacial score (nSPS) is 10.3. The van der Waals surface area contributed by atoms with Crippen LogP contribution in [0.4, 0.5) is 10.5 Å². The molecule has 0 aliphatic rings. The molecule has 1 aromatic carbocycles. The van der Waals surface area contributed by atoms with Gasteiger partial charge in [0, 0.05) is 30.2 Å². The van der Waals surface area contributed by atoms with Crippen molar-refractivity contribution < 1.29 is 4.79 Å². The summed E-state index contributed by atoms with van der Waals surface area (Å²) in [5, 5.41) is 3.82. The lowest BCUT2D eigenvalue weighted by Gasteiger charge is -2.14. The molecule has 2 aromatic rings. The summed E-state index contributed by atoms with van der Waals surface area (Å²) in [6.07, 6.45) is 1.71. The number of carbonyl (C=O) groups is 1. The van der Waals surface area contributed by atoms with Gasteiger partial charge in [0.25, 0.3) is 0 Å². The maximum atomic E-state index is 11.7. The molecule has 0 spiro atoms. The molecule has 0 aliphatic carbocycles. The maximum absolute atomic E-state index is 11.7. The third-order valence-electron chi connectivity index (χ3n) is 2.36. The van der Waals surface area contributed by atoms with Crippen LogP contribution in [0, 0.1) is 0 Å². The number of amides is 2. The summed E-state index contributed by atoms with van der Waals surface area (Å²) in [5.74, 6) is 0. The van der Waals surface area contributed by atoms with E-state index < -0.39 is 0 Å². The van der Waals surface area contributed by atoms with Crippen LogP contribution in [0.2, 0.25) is 0 Å². The molecule has 88 valence electrons. The van der Waals surface area contributed by atoms with Crippen LogP contribution in [0.5, 0.6) is 0 Å². The van der Waals surface area contributed by atoms with E-state index >= 15 is 0 Å². The Morgan fingerprint density at radius 2 is 2.12 bits per heavy atom. The van der Waals surface area contributed by atoms with E-state index in [1.807, 2.05) is 24.3 Å². The van der Waals surface area contributed by atoms with Gasteiger partial charge in [-0.25, -0.2) is 4.79 Å². The van der Waals surface area contributed by atoms with Gasteiger partial charge in [0.05, 0.1) is 11.2 Å². The van der Waals surface area contributed by atoms with E-state index in [0.717, 1.165) is 15.4 Å². The fourth-order valence-corrected chi connectivity index (χ4v) is 1.88. The van der Waals surface area contributed by atoms with Crippen molar-refractivity contribution in [2.45, 2.75) is 0 Å². The van der Waals surface area contributed by atoms with Crippen molar-refractivity contribution in [1.29, 1.82) is 0 Å². The van der Waals surface area contributed by atoms with Gasteiger partial charge in [0.2, 0.25) is 0 Å². The lowest BCUT2D eigenvalue weighted by Crippen LogP contribution is -2.27. The molecule has 0 atom stereocenters. The average molecular weight is 294 g/mol. The summed E-state index contributed by atoms with van der Waals surface area (Å²) in [7, 11) is 3.39. The van der Waals surface area contributed by atoms with Crippen molar-refractivity contribution in [3.8, 4) is 0 Å². The van der Waals surface area contributed by atoms with Gasteiger partial charge in [-0.3, -0.25) is 4.98 Å². The number of rotatable bonds is 1. The first-order chi connectivity index (χ1) is 8.09. The minimum Gasteiger partial charge on any atom is -0.331 e. The van der Waals surface area contributed by atoms with Gasteiger partial charge < -0.3 is 10.2 Å². The van der Waals surface area contributed by atoms with Gasteiger partial charge in [-0.05, 0) is 28.1 Å². The molecular weight excluding hydrogens is 282 g/mol. The first kappa shape index (κ1) is 11.9. The molecule has 0 aliphatic heterocycles. The Labute approximate surface area is 108 Å². The summed E-state index contributed by atoms with van der Waals surface area (Å²) in [6, 6.07) is 7.50. The van der Waals surface area contributed by atoms with Crippen LogP contribution in [0.15, 0.2) is 34.9 Å². The molecule has 5 heteroatoms. The van der Waals surface area contributed by atoms with E-state index in [2.05, 4.69) is 26.2 Å². The Morgan fingerprint density at radius 3 is 2.82 bits per heavy atom. The van der Waals surface area contributed by atoms with E-state index in [1.165, 1.54) is 4.90 Å². The van der Waals surface area contributed by atoms with E-state index in [1.54, 1.807) is 20.3 Å². The Bertz CT molecular complexity index is 569. The molecule has 0 bridgehead atoms. The number of hydrogen-bond donors (Lipinski definition) is 1. The molecular formula is C12H12BrN3O. The molecule has 0 saturated carbocycles. The Morgan fingerprint density at radius 1 is 1.35 bits per heavy atom. The molecule has 0 fully saturated rings. The highest BCUT2D eigenvalue weighted by molar-refractivity contribution is 9.10. The Balaban J connectivity index is 2.51. The number of carbonyl (C=O) groups excluding carboxylic acids is 1. The first-order valence-corrected chi connectivity index (χ1v) is 5.90. The molecule has 4 nitrogen and oxygen atoms in total. The van der Waals surface area contributed by atoms with Gasteiger partial charge in [-0.2, -0.15) is 0 Å². The summed E-state index contributed by atoms with van der Waals surface area (Å²) in [4.78, 5) is 17.4. The van der Waals surface area contributed by atoms with Crippen LogP contribution < -0.4 is 5.32 Å². The first-order valence-electron chi connectivity index (χ1n) is 5.11. The number of nitrogens with one attached hydrogen (secondary N) is 1. The lowest BCUT2D eigenvalue weighted by atomic mass is 10.2. The number of hydrogen-bond acceptors (Lipinski definition) is 2. The van der Waals surface area contributed by atoms with Crippen molar-refractivity contribution >= 4 is 38.6 Å². The van der Waals surface area contributed by atoms with E-state index in [0.29, 0.717) is 5.69 Å². The standard InChI is InChI=1S/C12H12BrN3O/c1-16(2)12(17)15-11-9(13)6-5-8-4-3-7-14-10(8)11/h3-7H,1-2H3,(H,15,17). The molecule has 0 saturated heterocycles. The molecule has 0 radical (unpaired) electrons. The third-order valence-corrected chi connectivity index (χ3v) is 3.02. The van der Waals surface area contributed by atoms with E-state index in [4.69, 9.17) is 0 Å². The maximum Gasteiger partial charge on any atom is 0.321 e. The molecule has 1 heterocycles. The quantitative estimate of drug-likeness (QED) is 0.878. The summed E-state index contributed by atoms with van der Waals surface area (Å²) < 4.78 is 0.818. The number of urea groups is 1. The van der Waals surface area contributed by atoms with Crippen LogP contribution in [-0.4, -0.2) is 30.0 Å². The predicted molar refractivity (Wildman–Crippen MR) is 72.1 cm³/mol. The highest BCUT2D eigenvalue weighted by Gasteiger charge is 2.11. The number of nitrogens with zero attached hydrogens (tertiary/aromatic N) is 2. The third kappa shape index (κ3) is 2.39. The second-order valence-electron chi connectivity index (χ2n) is 3.82. The van der Waals surface area contributed by atoms with Crippen molar-refractivity contribution in [3.63, 3.8) is 0 Å². The van der Waals surface area contributed by atoms with Gasteiger partial charge in [-0.15, -0.1) is 0 Å². The topological polar surface area (TPSA) is 45.2 Å². The molecule has 0 unspecified atom stereocenters. The van der Waals surface area contributed by atoms with Crippen LogP contribution in [0.1, 0.15) is 0 Å². The molecule has 2 amide bonds. The SMILES string of the molecule is CN(C)C(=O)Nc1c(Br)ccc2cccnc12. The lowest BCUT2D eigenvalue weighted by molar-refractivity contribution is 0.230. The van der Waals surface area contributed by atoms with E-state index in [-0.39, 0.29) is 6.03 Å². The van der Waals surface area contributed by atoms with E-state index in [9.17, 15) is 4.79 Å². The number of fused-ring (bicyclic) bond motifs is 1. The Hall–Kier alpha value is -1.62.